The molecule has 12 nitrogen and oxygen atoms in total. The fourth-order valence-corrected chi connectivity index (χ4v) is 5.36. The van der Waals surface area contributed by atoms with Crippen molar-refractivity contribution in [2.24, 2.45) is 5.10 Å². The first-order valence-corrected chi connectivity index (χ1v) is 14.1. The van der Waals surface area contributed by atoms with E-state index in [-0.39, 0.29) is 39.5 Å². The molecular weight excluding hydrogens is 612 g/mol. The average molecular weight is 633 g/mol. The molecule has 14 heteroatoms. The number of hydrogen-bond donors (Lipinski definition) is 2. The molecule has 3 aromatic carbocycles. The lowest BCUT2D eigenvalue weighted by Gasteiger charge is -2.11. The van der Waals surface area contributed by atoms with Crippen LogP contribution in [0.15, 0.2) is 88.6 Å². The lowest BCUT2D eigenvalue weighted by atomic mass is 10.2. The van der Waals surface area contributed by atoms with E-state index in [1.54, 1.807) is 37.3 Å². The van der Waals surface area contributed by atoms with E-state index in [4.69, 9.17) is 25.5 Å². The largest absolute Gasteiger partial charge is 0.490 e. The van der Waals surface area contributed by atoms with Crippen LogP contribution >= 0.6 is 22.9 Å². The number of carbonyl (C=O) groups is 3. The Bertz CT molecular complexity index is 1900. The Hall–Kier alpha value is -5.53. The predicted molar refractivity (Wildman–Crippen MR) is 164 cm³/mol. The zero-order valence-corrected chi connectivity index (χ0v) is 24.3. The van der Waals surface area contributed by atoms with Gasteiger partial charge in [-0.3, -0.25) is 19.7 Å². The van der Waals surface area contributed by atoms with E-state index in [0.717, 1.165) is 11.3 Å². The van der Waals surface area contributed by atoms with Crippen LogP contribution in [0.4, 0.5) is 11.4 Å². The van der Waals surface area contributed by atoms with Gasteiger partial charge in [-0.2, -0.15) is 5.10 Å². The molecule has 0 fully saturated rings. The van der Waals surface area contributed by atoms with Crippen LogP contribution in [0, 0.1) is 10.1 Å². The van der Waals surface area contributed by atoms with Crippen molar-refractivity contribution in [3.05, 3.63) is 116 Å². The first-order chi connectivity index (χ1) is 21.2. The highest BCUT2D eigenvalue weighted by Gasteiger charge is 2.22. The van der Waals surface area contributed by atoms with Crippen LogP contribution in [-0.2, 0) is 0 Å². The van der Waals surface area contributed by atoms with E-state index in [9.17, 15) is 24.5 Å². The van der Waals surface area contributed by atoms with Crippen molar-refractivity contribution in [2.45, 2.75) is 6.92 Å². The number of hydrazone groups is 1. The molecule has 0 bridgehead atoms. The Labute approximate surface area is 258 Å². The van der Waals surface area contributed by atoms with Crippen molar-refractivity contribution < 1.29 is 33.2 Å². The fourth-order valence-electron chi connectivity index (χ4n) is 3.94. The van der Waals surface area contributed by atoms with Gasteiger partial charge in [-0.25, -0.2) is 10.2 Å². The zero-order valence-electron chi connectivity index (χ0n) is 22.7. The average Bonchev–Trinajstić information content (AvgIpc) is 3.67. The van der Waals surface area contributed by atoms with Gasteiger partial charge in [-0.15, -0.1) is 11.3 Å². The zero-order chi connectivity index (χ0) is 31.2. The number of furan rings is 1. The second-order valence-electron chi connectivity index (χ2n) is 8.92. The summed E-state index contributed by atoms with van der Waals surface area (Å²) < 4.78 is 16.7. The number of benzene rings is 3. The standard InChI is InChI=1S/C30H21ClN4O8S/c1-2-41-24-14-17(16-32-34-28(36)18-6-8-19(9-7-18)33-29(37)23-4-3-13-42-23)5-12-22(24)43-30(38)27-26(31)21-11-10-20(35(39)40)15-25(21)44-27/h3-16H,2H2,1H3,(H,33,37)(H,34,36)/b32-16-. The monoisotopic (exact) mass is 632 g/mol. The molecule has 0 saturated carbocycles. The number of thiophene rings is 1. The molecule has 0 aliphatic carbocycles. The van der Waals surface area contributed by atoms with Gasteiger partial charge in [0.2, 0.25) is 0 Å². The van der Waals surface area contributed by atoms with Crippen LogP contribution in [0.3, 0.4) is 0 Å². The summed E-state index contributed by atoms with van der Waals surface area (Å²) in [6, 6.07) is 18.2. The summed E-state index contributed by atoms with van der Waals surface area (Å²) in [6.45, 7) is 2.03. The number of halogens is 1. The fraction of sp³-hybridized carbons (Fsp3) is 0.0667. The minimum Gasteiger partial charge on any atom is -0.490 e. The number of nitro benzene ring substituents is 1. The van der Waals surface area contributed by atoms with Crippen molar-refractivity contribution in [3.8, 4) is 11.5 Å². The molecule has 0 aliphatic rings. The van der Waals surface area contributed by atoms with Crippen molar-refractivity contribution in [1.82, 2.24) is 5.43 Å². The molecule has 44 heavy (non-hydrogen) atoms. The number of nitrogens with zero attached hydrogens (tertiary/aromatic N) is 2. The summed E-state index contributed by atoms with van der Waals surface area (Å²) in [5.41, 5.74) is 3.64. The minimum atomic E-state index is -0.750. The topological polar surface area (TPSA) is 162 Å². The highest BCUT2D eigenvalue weighted by atomic mass is 35.5. The Balaban J connectivity index is 1.23. The molecule has 2 N–H and O–H groups in total. The summed E-state index contributed by atoms with van der Waals surface area (Å²) in [6.07, 6.45) is 2.78. The van der Waals surface area contributed by atoms with Gasteiger partial charge in [0.25, 0.3) is 17.5 Å². The summed E-state index contributed by atoms with van der Waals surface area (Å²) >= 11 is 7.37. The van der Waals surface area contributed by atoms with Crippen molar-refractivity contribution in [3.63, 3.8) is 0 Å². The number of non-ortho nitro benzene ring substituents is 1. The number of nitrogens with one attached hydrogen (secondary N) is 2. The number of carbonyl (C=O) groups excluding carboxylic acids is 3. The van der Waals surface area contributed by atoms with E-state index in [1.165, 1.54) is 54.9 Å². The van der Waals surface area contributed by atoms with Gasteiger partial charge in [0.05, 0.1) is 29.0 Å². The lowest BCUT2D eigenvalue weighted by molar-refractivity contribution is -0.384. The van der Waals surface area contributed by atoms with Gasteiger partial charge in [0, 0.05) is 33.5 Å². The highest BCUT2D eigenvalue weighted by molar-refractivity contribution is 7.21. The molecule has 2 amide bonds. The number of esters is 1. The van der Waals surface area contributed by atoms with Crippen molar-refractivity contribution in [2.75, 3.05) is 11.9 Å². The molecule has 0 spiro atoms. The van der Waals surface area contributed by atoms with E-state index in [2.05, 4.69) is 15.8 Å². The third kappa shape index (κ3) is 6.75. The molecule has 0 saturated heterocycles. The van der Waals surface area contributed by atoms with Crippen LogP contribution in [0.5, 0.6) is 11.5 Å². The lowest BCUT2D eigenvalue weighted by Crippen LogP contribution is -2.17. The number of rotatable bonds is 10. The molecular formula is C30H21ClN4O8S. The molecule has 0 unspecified atom stereocenters. The maximum absolute atomic E-state index is 13.0. The van der Waals surface area contributed by atoms with Gasteiger partial charge < -0.3 is 19.2 Å². The van der Waals surface area contributed by atoms with Crippen LogP contribution in [0.2, 0.25) is 5.02 Å². The third-order valence-corrected chi connectivity index (χ3v) is 7.65. The van der Waals surface area contributed by atoms with Crippen LogP contribution in [0.25, 0.3) is 10.1 Å². The summed E-state index contributed by atoms with van der Waals surface area (Å²) in [4.78, 5) is 48.3. The normalized spacial score (nSPS) is 11.0. The van der Waals surface area contributed by atoms with Crippen LogP contribution in [0.1, 0.15) is 43.1 Å². The second-order valence-corrected chi connectivity index (χ2v) is 10.3. The number of fused-ring (bicyclic) bond motifs is 1. The number of nitro groups is 1. The molecule has 222 valence electrons. The molecule has 0 radical (unpaired) electrons. The van der Waals surface area contributed by atoms with Crippen LogP contribution < -0.4 is 20.2 Å². The predicted octanol–water partition coefficient (Wildman–Crippen LogP) is 6.69. The van der Waals surface area contributed by atoms with Gasteiger partial charge in [-0.05, 0) is 73.2 Å². The minimum absolute atomic E-state index is 0.0888. The highest BCUT2D eigenvalue weighted by Crippen LogP contribution is 2.38. The first-order valence-electron chi connectivity index (χ1n) is 12.9. The van der Waals surface area contributed by atoms with E-state index < -0.39 is 22.7 Å². The van der Waals surface area contributed by atoms with Gasteiger partial charge in [-0.1, -0.05) is 11.6 Å². The number of hydrogen-bond acceptors (Lipinski definition) is 10. The number of anilines is 1. The Morgan fingerprint density at radius 3 is 2.55 bits per heavy atom. The number of ether oxygens (including phenoxy) is 2. The quantitative estimate of drug-likeness (QED) is 0.0565. The van der Waals surface area contributed by atoms with Crippen LogP contribution in [-0.4, -0.2) is 35.5 Å². The molecule has 2 heterocycles. The first kappa shape index (κ1) is 29.9. The molecule has 5 rings (SSSR count). The molecule has 2 aromatic heterocycles. The van der Waals surface area contributed by atoms with E-state index in [0.29, 0.717) is 26.9 Å². The Kier molecular flexibility index (Phi) is 8.98. The van der Waals surface area contributed by atoms with E-state index in [1.807, 2.05) is 0 Å². The Morgan fingerprint density at radius 1 is 1.05 bits per heavy atom. The summed E-state index contributed by atoms with van der Waals surface area (Å²) in [7, 11) is 0. The molecule has 5 aromatic rings. The summed E-state index contributed by atoms with van der Waals surface area (Å²) in [5.74, 6) is -1.11. The van der Waals surface area contributed by atoms with Crippen molar-refractivity contribution in [1.29, 1.82) is 0 Å². The van der Waals surface area contributed by atoms with Gasteiger partial charge >= 0.3 is 5.97 Å². The molecule has 0 atom stereocenters. The number of amides is 2. The smallest absolute Gasteiger partial charge is 0.355 e. The maximum Gasteiger partial charge on any atom is 0.355 e. The Morgan fingerprint density at radius 2 is 1.84 bits per heavy atom. The SMILES string of the molecule is CCOc1cc(/C=N\NC(=O)c2ccc(NC(=O)c3ccco3)cc2)ccc1OC(=O)c1sc2cc([N+](=O)[O-])ccc2c1Cl. The summed E-state index contributed by atoms with van der Waals surface area (Å²) in [5, 5.41) is 18.4. The van der Waals surface area contributed by atoms with E-state index >= 15 is 0 Å². The van der Waals surface area contributed by atoms with Gasteiger partial charge in [0.1, 0.15) is 4.88 Å². The maximum atomic E-state index is 13.0. The van der Waals surface area contributed by atoms with Gasteiger partial charge in [0.15, 0.2) is 17.3 Å². The molecule has 0 aliphatic heterocycles. The third-order valence-electron chi connectivity index (χ3n) is 6.01. The van der Waals surface area contributed by atoms with Crippen molar-refractivity contribution >= 4 is 68.4 Å². The second kappa shape index (κ2) is 13.2.